The van der Waals surface area contributed by atoms with Crippen LogP contribution in [-0.4, -0.2) is 15.3 Å². The third-order valence-corrected chi connectivity index (χ3v) is 2.07. The minimum absolute atomic E-state index is 0.436. The van der Waals surface area contributed by atoms with Crippen molar-refractivity contribution in [1.82, 2.24) is 9.55 Å². The van der Waals surface area contributed by atoms with Gasteiger partial charge in [-0.15, -0.1) is 0 Å². The SMILES string of the molecule is CCCC1=Nc2c(C#N)ncn2C1. The first kappa shape index (κ1) is 7.99. The van der Waals surface area contributed by atoms with Crippen LogP contribution in [0, 0.1) is 11.3 Å². The molecular formula is C9H10N4. The highest BCUT2D eigenvalue weighted by Crippen LogP contribution is 2.24. The Morgan fingerprint density at radius 1 is 1.69 bits per heavy atom. The molecule has 0 aromatic carbocycles. The summed E-state index contributed by atoms with van der Waals surface area (Å²) in [4.78, 5) is 8.31. The quantitative estimate of drug-likeness (QED) is 0.684. The number of rotatable bonds is 2. The van der Waals surface area contributed by atoms with E-state index >= 15 is 0 Å². The lowest BCUT2D eigenvalue weighted by atomic mass is 10.2. The highest BCUT2D eigenvalue weighted by molar-refractivity contribution is 5.89. The predicted molar refractivity (Wildman–Crippen MR) is 48.9 cm³/mol. The third kappa shape index (κ3) is 1.22. The van der Waals surface area contributed by atoms with Gasteiger partial charge in [0.05, 0.1) is 12.9 Å². The van der Waals surface area contributed by atoms with Gasteiger partial charge in [-0.25, -0.2) is 9.98 Å². The predicted octanol–water partition coefficient (Wildman–Crippen LogP) is 1.64. The van der Waals surface area contributed by atoms with Crippen LogP contribution in [0.2, 0.25) is 0 Å². The molecule has 0 unspecified atom stereocenters. The number of aliphatic imine (C=N–C) groups is 1. The molecule has 1 aliphatic rings. The van der Waals surface area contributed by atoms with E-state index in [1.807, 2.05) is 10.6 Å². The highest BCUT2D eigenvalue weighted by Gasteiger charge is 2.17. The van der Waals surface area contributed by atoms with Crippen LogP contribution >= 0.6 is 0 Å². The van der Waals surface area contributed by atoms with E-state index in [4.69, 9.17) is 5.26 Å². The molecule has 0 atom stereocenters. The molecule has 0 bridgehead atoms. The van der Waals surface area contributed by atoms with Gasteiger partial charge in [0.1, 0.15) is 6.07 Å². The van der Waals surface area contributed by atoms with Gasteiger partial charge in [-0.05, 0) is 6.42 Å². The smallest absolute Gasteiger partial charge is 0.185 e. The van der Waals surface area contributed by atoms with Crippen molar-refractivity contribution in [3.05, 3.63) is 12.0 Å². The molecule has 1 aliphatic heterocycles. The summed E-state index contributed by atoms with van der Waals surface area (Å²) in [5.74, 6) is 0.728. The van der Waals surface area contributed by atoms with E-state index in [1.54, 1.807) is 6.33 Å². The molecular weight excluding hydrogens is 164 g/mol. The van der Waals surface area contributed by atoms with Gasteiger partial charge >= 0.3 is 0 Å². The van der Waals surface area contributed by atoms with Gasteiger partial charge in [-0.1, -0.05) is 13.3 Å². The molecule has 4 nitrogen and oxygen atoms in total. The maximum atomic E-state index is 8.71. The lowest BCUT2D eigenvalue weighted by Gasteiger charge is -1.95. The Bertz CT molecular complexity index is 394. The molecule has 2 heterocycles. The third-order valence-electron chi connectivity index (χ3n) is 2.07. The number of hydrogen-bond donors (Lipinski definition) is 0. The Hall–Kier alpha value is -1.63. The molecule has 66 valence electrons. The van der Waals surface area contributed by atoms with Gasteiger partial charge in [0.25, 0.3) is 0 Å². The molecule has 0 spiro atoms. The van der Waals surface area contributed by atoms with E-state index in [2.05, 4.69) is 16.9 Å². The maximum Gasteiger partial charge on any atom is 0.185 e. The van der Waals surface area contributed by atoms with Crippen molar-refractivity contribution in [2.45, 2.75) is 26.3 Å². The molecule has 0 saturated heterocycles. The van der Waals surface area contributed by atoms with Crippen LogP contribution in [0.25, 0.3) is 0 Å². The second-order valence-corrected chi connectivity index (χ2v) is 3.08. The van der Waals surface area contributed by atoms with Crippen molar-refractivity contribution in [3.63, 3.8) is 0 Å². The normalized spacial score (nSPS) is 13.7. The van der Waals surface area contributed by atoms with Crippen molar-refractivity contribution in [3.8, 4) is 6.07 Å². The lowest BCUT2D eigenvalue weighted by molar-refractivity contribution is 0.861. The molecule has 4 heteroatoms. The zero-order chi connectivity index (χ0) is 9.26. The molecule has 0 saturated carbocycles. The molecule has 1 aromatic heterocycles. The van der Waals surface area contributed by atoms with Crippen molar-refractivity contribution in [2.75, 3.05) is 0 Å². The van der Waals surface area contributed by atoms with E-state index in [-0.39, 0.29) is 0 Å². The first-order valence-corrected chi connectivity index (χ1v) is 4.36. The fraction of sp³-hybridized carbons (Fsp3) is 0.444. The summed E-state index contributed by atoms with van der Waals surface area (Å²) in [5, 5.41) is 8.71. The molecule has 0 fully saturated rings. The number of imidazole rings is 1. The summed E-state index contributed by atoms with van der Waals surface area (Å²) < 4.78 is 1.92. The maximum absolute atomic E-state index is 8.71. The fourth-order valence-electron chi connectivity index (χ4n) is 1.49. The summed E-state index contributed by atoms with van der Waals surface area (Å²) in [5.41, 5.74) is 1.59. The van der Waals surface area contributed by atoms with Crippen molar-refractivity contribution in [2.24, 2.45) is 4.99 Å². The van der Waals surface area contributed by atoms with Crippen LogP contribution in [0.4, 0.5) is 5.82 Å². The molecule has 0 amide bonds. The van der Waals surface area contributed by atoms with Crippen molar-refractivity contribution < 1.29 is 0 Å². The first-order valence-electron chi connectivity index (χ1n) is 4.36. The van der Waals surface area contributed by atoms with Gasteiger partial charge < -0.3 is 4.57 Å². The van der Waals surface area contributed by atoms with Crippen molar-refractivity contribution in [1.29, 1.82) is 5.26 Å². The van der Waals surface area contributed by atoms with Crippen LogP contribution in [0.1, 0.15) is 25.5 Å². The summed E-state index contributed by atoms with van der Waals surface area (Å²) in [6.07, 6.45) is 3.78. The van der Waals surface area contributed by atoms with Gasteiger partial charge in [0.15, 0.2) is 11.5 Å². The van der Waals surface area contributed by atoms with E-state index in [1.165, 1.54) is 0 Å². The number of aromatic nitrogens is 2. The Kier molecular flexibility index (Phi) is 1.85. The Balaban J connectivity index is 2.31. The van der Waals surface area contributed by atoms with E-state index in [9.17, 15) is 0 Å². The zero-order valence-corrected chi connectivity index (χ0v) is 7.49. The number of hydrogen-bond acceptors (Lipinski definition) is 3. The fourth-order valence-corrected chi connectivity index (χ4v) is 1.49. The largest absolute Gasteiger partial charge is 0.309 e. The molecule has 0 aliphatic carbocycles. The summed E-state index contributed by atoms with van der Waals surface area (Å²) in [7, 11) is 0. The minimum atomic E-state index is 0.436. The van der Waals surface area contributed by atoms with Crippen LogP contribution in [0.3, 0.4) is 0 Å². The van der Waals surface area contributed by atoms with Gasteiger partial charge in [-0.3, -0.25) is 0 Å². The van der Waals surface area contributed by atoms with Gasteiger partial charge in [-0.2, -0.15) is 5.26 Å². The number of fused-ring (bicyclic) bond motifs is 1. The van der Waals surface area contributed by atoms with Crippen LogP contribution in [0.5, 0.6) is 0 Å². The summed E-state index contributed by atoms with van der Waals surface area (Å²) in [6.45, 7) is 2.93. The Morgan fingerprint density at radius 2 is 2.54 bits per heavy atom. The second-order valence-electron chi connectivity index (χ2n) is 3.08. The average molecular weight is 174 g/mol. The second kappa shape index (κ2) is 3.02. The number of nitriles is 1. The topological polar surface area (TPSA) is 54.0 Å². The Labute approximate surface area is 76.5 Å². The average Bonchev–Trinajstić information content (AvgIpc) is 2.63. The lowest BCUT2D eigenvalue weighted by Crippen LogP contribution is -2.01. The summed E-state index contributed by atoms with van der Waals surface area (Å²) >= 11 is 0. The van der Waals surface area contributed by atoms with E-state index in [0.717, 1.165) is 30.9 Å². The molecule has 13 heavy (non-hydrogen) atoms. The highest BCUT2D eigenvalue weighted by atomic mass is 15.2. The first-order chi connectivity index (χ1) is 6.35. The molecule has 0 radical (unpaired) electrons. The molecule has 2 rings (SSSR count). The summed E-state index contributed by atoms with van der Waals surface area (Å²) in [6, 6.07) is 2.03. The molecule has 0 N–H and O–H groups in total. The van der Waals surface area contributed by atoms with Crippen LogP contribution in [0.15, 0.2) is 11.3 Å². The number of nitrogens with zero attached hydrogens (tertiary/aromatic N) is 4. The van der Waals surface area contributed by atoms with Crippen molar-refractivity contribution >= 4 is 11.5 Å². The zero-order valence-electron chi connectivity index (χ0n) is 7.49. The monoisotopic (exact) mass is 174 g/mol. The van der Waals surface area contributed by atoms with Crippen LogP contribution < -0.4 is 0 Å². The van der Waals surface area contributed by atoms with Crippen LogP contribution in [-0.2, 0) is 6.54 Å². The minimum Gasteiger partial charge on any atom is -0.309 e. The Morgan fingerprint density at radius 3 is 3.23 bits per heavy atom. The van der Waals surface area contributed by atoms with E-state index < -0.39 is 0 Å². The van der Waals surface area contributed by atoms with Gasteiger partial charge in [0.2, 0.25) is 0 Å². The van der Waals surface area contributed by atoms with Gasteiger partial charge in [0, 0.05) is 5.71 Å². The van der Waals surface area contributed by atoms with E-state index in [0.29, 0.717) is 5.69 Å². The molecule has 1 aromatic rings. The standard InChI is InChI=1S/C9H10N4/c1-2-3-7-5-13-6-11-8(4-10)9(13)12-7/h6H,2-3,5H2,1H3.